The summed E-state index contributed by atoms with van der Waals surface area (Å²) < 4.78 is 0. The smallest absolute Gasteiger partial charge is 0.119 e. The fourth-order valence-corrected chi connectivity index (χ4v) is 4.11. The summed E-state index contributed by atoms with van der Waals surface area (Å²) in [6.45, 7) is 7.00. The van der Waals surface area contributed by atoms with Crippen molar-refractivity contribution in [1.82, 2.24) is 4.90 Å². The predicted molar refractivity (Wildman–Crippen MR) is 78.7 cm³/mol. The molecule has 1 N–H and O–H groups in total. The van der Waals surface area contributed by atoms with Crippen LogP contribution in [0.2, 0.25) is 0 Å². The number of nitrogens with zero attached hydrogens (tertiary/aromatic N) is 1. The van der Waals surface area contributed by atoms with Crippen molar-refractivity contribution in [3.63, 3.8) is 0 Å². The molecule has 2 nitrogen and oxygen atoms in total. The van der Waals surface area contributed by atoms with Crippen LogP contribution in [0.25, 0.3) is 0 Å². The third kappa shape index (κ3) is 1.97. The highest BCUT2D eigenvalue weighted by Gasteiger charge is 2.60. The Morgan fingerprint density at radius 2 is 2.00 bits per heavy atom. The highest BCUT2D eigenvalue weighted by atomic mass is 16.3. The lowest BCUT2D eigenvalue weighted by Crippen LogP contribution is -2.41. The monoisotopic (exact) mass is 259 g/mol. The largest absolute Gasteiger partial charge is 0.508 e. The van der Waals surface area contributed by atoms with E-state index in [1.54, 1.807) is 0 Å². The lowest BCUT2D eigenvalue weighted by molar-refractivity contribution is 0.157. The van der Waals surface area contributed by atoms with Crippen molar-refractivity contribution in [3.05, 3.63) is 29.3 Å². The number of phenolic OH excluding ortho intramolecular Hbond substituents is 1. The minimum atomic E-state index is 0.423. The van der Waals surface area contributed by atoms with E-state index >= 15 is 0 Å². The summed E-state index contributed by atoms with van der Waals surface area (Å²) in [7, 11) is 0. The quantitative estimate of drug-likeness (QED) is 0.872. The van der Waals surface area contributed by atoms with Gasteiger partial charge in [-0.05, 0) is 62.4 Å². The van der Waals surface area contributed by atoms with Gasteiger partial charge in [-0.2, -0.15) is 0 Å². The number of phenols is 1. The van der Waals surface area contributed by atoms with E-state index in [4.69, 9.17) is 0 Å². The van der Waals surface area contributed by atoms with Crippen LogP contribution in [0, 0.1) is 0 Å². The average molecular weight is 259 g/mol. The molecular weight excluding hydrogens is 234 g/mol. The van der Waals surface area contributed by atoms with Gasteiger partial charge in [-0.15, -0.1) is 0 Å². The standard InChI is InChI=1S/C17H25NO/c1-3-10-18(11-4-2)17-9-8-14-13(15(17)12-17)6-5-7-16(14)19/h5-7,15,19H,3-4,8-12H2,1-2H3. The second-order valence-corrected chi connectivity index (χ2v) is 6.19. The molecule has 1 saturated carbocycles. The molecule has 2 unspecified atom stereocenters. The first-order chi connectivity index (χ1) is 9.23. The van der Waals surface area contributed by atoms with Crippen LogP contribution in [-0.2, 0) is 6.42 Å². The van der Waals surface area contributed by atoms with Gasteiger partial charge in [0.25, 0.3) is 0 Å². The van der Waals surface area contributed by atoms with Crippen LogP contribution < -0.4 is 0 Å². The van der Waals surface area contributed by atoms with Crippen molar-refractivity contribution < 1.29 is 5.11 Å². The molecule has 2 heteroatoms. The molecule has 0 aromatic heterocycles. The van der Waals surface area contributed by atoms with Gasteiger partial charge < -0.3 is 5.11 Å². The van der Waals surface area contributed by atoms with Crippen LogP contribution >= 0.6 is 0 Å². The summed E-state index contributed by atoms with van der Waals surface area (Å²) in [6, 6.07) is 6.08. The van der Waals surface area contributed by atoms with E-state index in [0.29, 0.717) is 17.2 Å². The molecule has 0 radical (unpaired) electrons. The molecule has 1 aromatic carbocycles. The Morgan fingerprint density at radius 3 is 2.68 bits per heavy atom. The van der Waals surface area contributed by atoms with Crippen molar-refractivity contribution in [2.75, 3.05) is 13.1 Å². The van der Waals surface area contributed by atoms with Crippen molar-refractivity contribution in [3.8, 4) is 5.75 Å². The van der Waals surface area contributed by atoms with Gasteiger partial charge in [-0.25, -0.2) is 0 Å². The maximum Gasteiger partial charge on any atom is 0.119 e. The third-order valence-corrected chi connectivity index (χ3v) is 5.03. The summed E-state index contributed by atoms with van der Waals surface area (Å²) >= 11 is 0. The van der Waals surface area contributed by atoms with Crippen molar-refractivity contribution in [2.45, 2.75) is 57.4 Å². The molecule has 0 bridgehead atoms. The normalized spacial score (nSPS) is 28.1. The lowest BCUT2D eigenvalue weighted by atomic mass is 9.86. The number of rotatable bonds is 5. The van der Waals surface area contributed by atoms with Crippen LogP contribution in [0.3, 0.4) is 0 Å². The van der Waals surface area contributed by atoms with E-state index in [0.717, 1.165) is 6.42 Å². The molecule has 1 aromatic rings. The van der Waals surface area contributed by atoms with Crippen molar-refractivity contribution in [2.24, 2.45) is 0 Å². The van der Waals surface area contributed by atoms with Gasteiger partial charge in [0, 0.05) is 11.5 Å². The molecule has 19 heavy (non-hydrogen) atoms. The minimum absolute atomic E-state index is 0.423. The number of hydrogen-bond acceptors (Lipinski definition) is 2. The summed E-state index contributed by atoms with van der Waals surface area (Å²) in [5.41, 5.74) is 3.06. The maximum absolute atomic E-state index is 10.0. The van der Waals surface area contributed by atoms with Crippen LogP contribution in [-0.4, -0.2) is 28.6 Å². The van der Waals surface area contributed by atoms with Crippen LogP contribution in [0.1, 0.15) is 56.6 Å². The van der Waals surface area contributed by atoms with Crippen molar-refractivity contribution in [1.29, 1.82) is 0 Å². The summed E-state index contributed by atoms with van der Waals surface area (Å²) in [6.07, 6.45) is 6.04. The molecule has 0 amide bonds. The second-order valence-electron chi connectivity index (χ2n) is 6.19. The van der Waals surface area contributed by atoms with E-state index in [9.17, 15) is 5.11 Å². The maximum atomic E-state index is 10.0. The first-order valence-electron chi connectivity index (χ1n) is 7.78. The first kappa shape index (κ1) is 13.0. The number of aromatic hydroxyl groups is 1. The highest BCUT2D eigenvalue weighted by Crippen LogP contribution is 2.62. The first-order valence-corrected chi connectivity index (χ1v) is 7.78. The van der Waals surface area contributed by atoms with Gasteiger partial charge in [0.1, 0.15) is 5.75 Å². The molecular formula is C17H25NO. The van der Waals surface area contributed by atoms with Gasteiger partial charge >= 0.3 is 0 Å². The SMILES string of the molecule is CCCN(CCC)C12CCc3c(O)cccc3C1C2. The zero-order chi connectivity index (χ0) is 13.5. The number of fused-ring (bicyclic) bond motifs is 3. The minimum Gasteiger partial charge on any atom is -0.508 e. The molecule has 1 fully saturated rings. The molecule has 0 spiro atoms. The third-order valence-electron chi connectivity index (χ3n) is 5.03. The molecule has 3 rings (SSSR count). The Balaban J connectivity index is 1.87. The van der Waals surface area contributed by atoms with Crippen LogP contribution in [0.5, 0.6) is 5.75 Å². The Labute approximate surface area is 116 Å². The highest BCUT2D eigenvalue weighted by molar-refractivity contribution is 5.49. The average Bonchev–Trinajstić information content (AvgIpc) is 3.15. The lowest BCUT2D eigenvalue weighted by Gasteiger charge is -2.36. The van der Waals surface area contributed by atoms with Gasteiger partial charge in [0.2, 0.25) is 0 Å². The Hall–Kier alpha value is -1.02. The molecule has 2 aliphatic rings. The van der Waals surface area contributed by atoms with Crippen LogP contribution in [0.4, 0.5) is 0 Å². The Kier molecular flexibility index (Phi) is 3.30. The van der Waals surface area contributed by atoms with E-state index in [-0.39, 0.29) is 0 Å². The van der Waals surface area contributed by atoms with Gasteiger partial charge in [-0.3, -0.25) is 4.90 Å². The summed E-state index contributed by atoms with van der Waals surface area (Å²) in [4.78, 5) is 2.73. The fraction of sp³-hybridized carbons (Fsp3) is 0.647. The molecule has 0 saturated heterocycles. The van der Waals surface area contributed by atoms with Gasteiger partial charge in [-0.1, -0.05) is 26.0 Å². The number of hydrogen-bond donors (Lipinski definition) is 1. The fourth-order valence-electron chi connectivity index (χ4n) is 4.11. The van der Waals surface area contributed by atoms with Gasteiger partial charge in [0.15, 0.2) is 0 Å². The zero-order valence-electron chi connectivity index (χ0n) is 12.2. The molecule has 0 aliphatic heterocycles. The Morgan fingerprint density at radius 1 is 1.26 bits per heavy atom. The molecule has 2 atom stereocenters. The predicted octanol–water partition coefficient (Wildman–Crippen LogP) is 3.69. The molecule has 0 heterocycles. The zero-order valence-corrected chi connectivity index (χ0v) is 12.2. The van der Waals surface area contributed by atoms with E-state index in [2.05, 4.69) is 24.8 Å². The summed E-state index contributed by atoms with van der Waals surface area (Å²) in [5.74, 6) is 1.18. The molecule has 104 valence electrons. The second kappa shape index (κ2) is 4.82. The van der Waals surface area contributed by atoms with Gasteiger partial charge in [0.05, 0.1) is 0 Å². The van der Waals surface area contributed by atoms with E-state index in [1.165, 1.54) is 49.9 Å². The molecule has 2 aliphatic carbocycles. The van der Waals surface area contributed by atoms with E-state index < -0.39 is 0 Å². The Bertz CT molecular complexity index is 464. The topological polar surface area (TPSA) is 23.5 Å². The summed E-state index contributed by atoms with van der Waals surface area (Å²) in [5, 5.41) is 10.0. The van der Waals surface area contributed by atoms with Crippen LogP contribution in [0.15, 0.2) is 18.2 Å². The van der Waals surface area contributed by atoms with Crippen molar-refractivity contribution >= 4 is 0 Å². The number of benzene rings is 1. The van der Waals surface area contributed by atoms with E-state index in [1.807, 2.05) is 12.1 Å².